The first-order valence-corrected chi connectivity index (χ1v) is 11.7. The van der Waals surface area contributed by atoms with E-state index in [-0.39, 0.29) is 11.3 Å². The summed E-state index contributed by atoms with van der Waals surface area (Å²) in [6.45, 7) is 0. The summed E-state index contributed by atoms with van der Waals surface area (Å²) < 4.78 is 5.88. The maximum absolute atomic E-state index is 13.7. The second-order valence-electron chi connectivity index (χ2n) is 8.87. The van der Waals surface area contributed by atoms with E-state index in [1.54, 1.807) is 12.1 Å². The van der Waals surface area contributed by atoms with E-state index in [0.29, 0.717) is 0 Å². The highest BCUT2D eigenvalue weighted by Gasteiger charge is 2.59. The number of carbonyl (C=O) groups is 2. The Morgan fingerprint density at radius 3 is 1.72 bits per heavy atom. The summed E-state index contributed by atoms with van der Waals surface area (Å²) in [5.41, 5.74) is 3.53. The fourth-order valence-electron chi connectivity index (χ4n) is 5.21. The molecule has 5 heteroatoms. The number of ether oxygens (including phenoxy) is 1. The molecule has 0 aliphatic heterocycles. The van der Waals surface area contributed by atoms with E-state index < -0.39 is 35.6 Å². The molecule has 0 bridgehead atoms. The molecule has 176 valence electrons. The van der Waals surface area contributed by atoms with Gasteiger partial charge >= 0.3 is 11.9 Å². The predicted octanol–water partition coefficient (Wildman–Crippen LogP) is 6.03. The highest BCUT2D eigenvalue weighted by molar-refractivity contribution is 5.86. The van der Waals surface area contributed by atoms with E-state index in [1.807, 2.05) is 97.1 Å². The molecular formula is C31H23NO4. The molecule has 1 aliphatic rings. The lowest BCUT2D eigenvalue weighted by atomic mass is 9.52. The summed E-state index contributed by atoms with van der Waals surface area (Å²) >= 11 is 0. The monoisotopic (exact) mass is 473 g/mol. The van der Waals surface area contributed by atoms with Gasteiger partial charge in [0.05, 0.1) is 17.4 Å². The highest BCUT2D eigenvalue weighted by atomic mass is 16.5. The van der Waals surface area contributed by atoms with Crippen molar-refractivity contribution in [3.05, 3.63) is 126 Å². The van der Waals surface area contributed by atoms with Gasteiger partial charge in [0, 0.05) is 11.8 Å². The van der Waals surface area contributed by atoms with Crippen molar-refractivity contribution in [2.75, 3.05) is 0 Å². The molecule has 0 aromatic heterocycles. The molecule has 0 amide bonds. The van der Waals surface area contributed by atoms with Crippen LogP contribution in [0.2, 0.25) is 0 Å². The molecule has 5 rings (SSSR count). The third-order valence-corrected chi connectivity index (χ3v) is 6.89. The predicted molar refractivity (Wildman–Crippen MR) is 135 cm³/mol. The molecule has 1 saturated carbocycles. The second kappa shape index (κ2) is 9.89. The van der Waals surface area contributed by atoms with Crippen molar-refractivity contribution in [1.82, 2.24) is 0 Å². The van der Waals surface area contributed by atoms with E-state index in [1.165, 1.54) is 0 Å². The van der Waals surface area contributed by atoms with Crippen molar-refractivity contribution in [1.29, 1.82) is 5.26 Å². The van der Waals surface area contributed by atoms with E-state index in [4.69, 9.17) is 4.74 Å². The molecule has 4 aromatic carbocycles. The number of benzene rings is 4. The fraction of sp³-hybridized carbons (Fsp3) is 0.129. The standard InChI is InChI=1S/C31H23NO4/c32-19-24-17-16-23(20-10-4-1-5-11-20)18-25(24)36-31(35)29-26(21-12-6-2-7-13-21)28(30(33)34)27(29)22-14-8-3-9-15-22/h1-18,26-29H,(H,33,34)/t26-,27-,28-,29+/m0/s1. The molecule has 0 spiro atoms. The van der Waals surface area contributed by atoms with Gasteiger partial charge in [0.1, 0.15) is 11.8 Å². The molecule has 4 aromatic rings. The van der Waals surface area contributed by atoms with Gasteiger partial charge in [-0.3, -0.25) is 9.59 Å². The normalized spacial score (nSPS) is 20.5. The van der Waals surface area contributed by atoms with Crippen molar-refractivity contribution in [2.24, 2.45) is 11.8 Å². The number of nitrogens with zero attached hydrogens (tertiary/aromatic N) is 1. The third-order valence-electron chi connectivity index (χ3n) is 6.89. The Labute approximate surface area is 209 Å². The highest BCUT2D eigenvalue weighted by Crippen LogP contribution is 2.58. The SMILES string of the molecule is N#Cc1ccc(-c2ccccc2)cc1OC(=O)[C@H]1[C@@H](c2ccccc2)[C@@H](C(=O)O)[C@@H]1c1ccccc1. The molecule has 5 nitrogen and oxygen atoms in total. The average Bonchev–Trinajstić information content (AvgIpc) is 2.89. The molecule has 1 N–H and O–H groups in total. The smallest absolute Gasteiger partial charge is 0.315 e. The van der Waals surface area contributed by atoms with Crippen LogP contribution in [-0.2, 0) is 9.59 Å². The van der Waals surface area contributed by atoms with Crippen LogP contribution in [0.5, 0.6) is 5.75 Å². The van der Waals surface area contributed by atoms with Gasteiger partial charge < -0.3 is 9.84 Å². The van der Waals surface area contributed by atoms with Crippen molar-refractivity contribution in [3.8, 4) is 22.9 Å². The number of carbonyl (C=O) groups excluding carboxylic acids is 1. The van der Waals surface area contributed by atoms with Gasteiger partial charge in [0.25, 0.3) is 0 Å². The lowest BCUT2D eigenvalue weighted by molar-refractivity contribution is -0.158. The Hall–Kier alpha value is -4.69. The van der Waals surface area contributed by atoms with Crippen molar-refractivity contribution in [3.63, 3.8) is 0 Å². The van der Waals surface area contributed by atoms with Crippen molar-refractivity contribution >= 4 is 11.9 Å². The quantitative estimate of drug-likeness (QED) is 0.273. The minimum Gasteiger partial charge on any atom is -0.481 e. The lowest BCUT2D eigenvalue weighted by Crippen LogP contribution is -2.52. The van der Waals surface area contributed by atoms with Gasteiger partial charge in [-0.2, -0.15) is 5.26 Å². The van der Waals surface area contributed by atoms with Crippen LogP contribution < -0.4 is 4.74 Å². The summed E-state index contributed by atoms with van der Waals surface area (Å²) in [6.07, 6.45) is 0. The van der Waals surface area contributed by atoms with Gasteiger partial charge in [-0.1, -0.05) is 97.1 Å². The van der Waals surface area contributed by atoms with Crippen LogP contribution in [0.25, 0.3) is 11.1 Å². The van der Waals surface area contributed by atoms with Crippen molar-refractivity contribution in [2.45, 2.75) is 11.8 Å². The summed E-state index contributed by atoms with van der Waals surface area (Å²) in [4.78, 5) is 26.1. The van der Waals surface area contributed by atoms with Gasteiger partial charge in [0.2, 0.25) is 0 Å². The Morgan fingerprint density at radius 1 is 0.694 bits per heavy atom. The van der Waals surface area contributed by atoms with Crippen LogP contribution in [0, 0.1) is 23.2 Å². The zero-order valence-corrected chi connectivity index (χ0v) is 19.3. The van der Waals surface area contributed by atoms with E-state index in [0.717, 1.165) is 22.3 Å². The second-order valence-corrected chi connectivity index (χ2v) is 8.87. The number of aliphatic carboxylic acids is 1. The first-order valence-electron chi connectivity index (χ1n) is 11.7. The van der Waals surface area contributed by atoms with Crippen LogP contribution >= 0.6 is 0 Å². The Kier molecular flexibility index (Phi) is 6.34. The zero-order chi connectivity index (χ0) is 25.1. The van der Waals surface area contributed by atoms with E-state index in [2.05, 4.69) is 6.07 Å². The number of nitriles is 1. The lowest BCUT2D eigenvalue weighted by Gasteiger charge is -2.49. The molecule has 0 unspecified atom stereocenters. The first kappa shape index (κ1) is 23.1. The molecular weight excluding hydrogens is 450 g/mol. The van der Waals surface area contributed by atoms with Crippen LogP contribution in [0.4, 0.5) is 0 Å². The van der Waals surface area contributed by atoms with Crippen LogP contribution in [0.3, 0.4) is 0 Å². The summed E-state index contributed by atoms with van der Waals surface area (Å²) in [6, 6.07) is 35.3. The first-order chi connectivity index (χ1) is 17.6. The van der Waals surface area contributed by atoms with Crippen LogP contribution in [0.15, 0.2) is 109 Å². The minimum atomic E-state index is -0.953. The number of carboxylic acid groups (broad SMARTS) is 1. The topological polar surface area (TPSA) is 87.4 Å². The summed E-state index contributed by atoms with van der Waals surface area (Å²) in [5.74, 6) is -3.93. The molecule has 0 heterocycles. The number of hydrogen-bond donors (Lipinski definition) is 1. The molecule has 1 aliphatic carbocycles. The van der Waals surface area contributed by atoms with Gasteiger partial charge in [-0.25, -0.2) is 0 Å². The maximum atomic E-state index is 13.7. The minimum absolute atomic E-state index is 0.168. The Bertz CT molecular complexity index is 1380. The molecule has 2 atom stereocenters. The Balaban J connectivity index is 1.54. The number of carboxylic acids is 1. The zero-order valence-electron chi connectivity index (χ0n) is 19.3. The van der Waals surface area contributed by atoms with E-state index >= 15 is 0 Å². The van der Waals surface area contributed by atoms with Crippen molar-refractivity contribution < 1.29 is 19.4 Å². The maximum Gasteiger partial charge on any atom is 0.315 e. The Morgan fingerprint density at radius 2 is 1.22 bits per heavy atom. The fourth-order valence-corrected chi connectivity index (χ4v) is 5.21. The molecule has 36 heavy (non-hydrogen) atoms. The third kappa shape index (κ3) is 4.25. The van der Waals surface area contributed by atoms with Gasteiger partial charge in [-0.15, -0.1) is 0 Å². The average molecular weight is 474 g/mol. The molecule has 1 fully saturated rings. The number of hydrogen-bond acceptors (Lipinski definition) is 4. The largest absolute Gasteiger partial charge is 0.481 e. The molecule has 0 saturated heterocycles. The molecule has 0 radical (unpaired) electrons. The van der Waals surface area contributed by atoms with Gasteiger partial charge in [-0.05, 0) is 34.4 Å². The number of esters is 1. The summed E-state index contributed by atoms with van der Waals surface area (Å²) in [5, 5.41) is 19.8. The van der Waals surface area contributed by atoms with E-state index in [9.17, 15) is 20.0 Å². The van der Waals surface area contributed by atoms with Gasteiger partial charge in [0.15, 0.2) is 0 Å². The summed E-state index contributed by atoms with van der Waals surface area (Å²) in [7, 11) is 0. The van der Waals surface area contributed by atoms with Crippen LogP contribution in [-0.4, -0.2) is 17.0 Å². The number of rotatable bonds is 6. The van der Waals surface area contributed by atoms with Crippen LogP contribution in [0.1, 0.15) is 28.5 Å².